The van der Waals surface area contributed by atoms with Crippen molar-refractivity contribution in [1.29, 1.82) is 0 Å². The zero-order chi connectivity index (χ0) is 7.84. The molecule has 0 radical (unpaired) electrons. The van der Waals surface area contributed by atoms with Crippen LogP contribution in [0, 0.1) is 0 Å². The fourth-order valence-electron chi connectivity index (χ4n) is 1.65. The third-order valence-corrected chi connectivity index (χ3v) is 2.28. The van der Waals surface area contributed by atoms with E-state index in [2.05, 4.69) is 0 Å². The number of rotatable bonds is 1. The van der Waals surface area contributed by atoms with Gasteiger partial charge in [0, 0.05) is 7.11 Å². The summed E-state index contributed by atoms with van der Waals surface area (Å²) in [7, 11) is 1.63. The Bertz CT molecular complexity index is 149. The zero-order valence-corrected chi connectivity index (χ0v) is 6.40. The van der Waals surface area contributed by atoms with Crippen LogP contribution in [0.3, 0.4) is 0 Å². The molecule has 0 spiro atoms. The van der Waals surface area contributed by atoms with Gasteiger partial charge in [0.05, 0.1) is 13.2 Å². The Morgan fingerprint density at radius 2 is 2.00 bits per heavy atom. The van der Waals surface area contributed by atoms with E-state index in [1.165, 1.54) is 0 Å². The predicted octanol–water partition coefficient (Wildman–Crippen LogP) is -0.840. The van der Waals surface area contributed by atoms with Crippen LogP contribution in [-0.4, -0.2) is 49.8 Å². The number of fused-ring (bicyclic) bond motifs is 1. The summed E-state index contributed by atoms with van der Waals surface area (Å²) < 4.78 is 15.7. The summed E-state index contributed by atoms with van der Waals surface area (Å²) in [5.74, 6) is 0. The van der Waals surface area contributed by atoms with Crippen molar-refractivity contribution in [2.45, 2.75) is 24.4 Å². The van der Waals surface area contributed by atoms with Crippen LogP contribution < -0.4 is 0 Å². The maximum Gasteiger partial charge on any atom is 0.115 e. The molecular formula is C7H12O4. The molecule has 2 rings (SSSR count). The number of ether oxygens (including phenoxy) is 3. The van der Waals surface area contributed by atoms with E-state index in [1.54, 1.807) is 7.11 Å². The molecule has 2 fully saturated rings. The minimum absolute atomic E-state index is 0.00264. The van der Waals surface area contributed by atoms with Crippen molar-refractivity contribution >= 4 is 0 Å². The van der Waals surface area contributed by atoms with Crippen molar-refractivity contribution in [1.82, 2.24) is 0 Å². The van der Waals surface area contributed by atoms with E-state index in [9.17, 15) is 5.11 Å². The largest absolute Gasteiger partial charge is 0.388 e. The van der Waals surface area contributed by atoms with Crippen molar-refractivity contribution in [3.05, 3.63) is 0 Å². The summed E-state index contributed by atoms with van der Waals surface area (Å²) in [5.41, 5.74) is 0. The smallest absolute Gasteiger partial charge is 0.115 e. The average molecular weight is 160 g/mol. The first kappa shape index (κ1) is 7.49. The van der Waals surface area contributed by atoms with Gasteiger partial charge in [-0.2, -0.15) is 0 Å². The van der Waals surface area contributed by atoms with E-state index in [-0.39, 0.29) is 18.3 Å². The van der Waals surface area contributed by atoms with Crippen molar-refractivity contribution in [3.63, 3.8) is 0 Å². The molecular weight excluding hydrogens is 148 g/mol. The molecule has 4 nitrogen and oxygen atoms in total. The van der Waals surface area contributed by atoms with Gasteiger partial charge in [-0.1, -0.05) is 0 Å². The second kappa shape index (κ2) is 2.71. The average Bonchev–Trinajstić information content (AvgIpc) is 2.53. The number of aliphatic hydroxyl groups is 1. The lowest BCUT2D eigenvalue weighted by atomic mass is 10.1. The van der Waals surface area contributed by atoms with Gasteiger partial charge in [-0.05, 0) is 0 Å². The Morgan fingerprint density at radius 3 is 2.73 bits per heavy atom. The van der Waals surface area contributed by atoms with Gasteiger partial charge in [-0.15, -0.1) is 0 Å². The maximum atomic E-state index is 9.31. The van der Waals surface area contributed by atoms with E-state index in [1.807, 2.05) is 0 Å². The zero-order valence-electron chi connectivity index (χ0n) is 6.40. The lowest BCUT2D eigenvalue weighted by molar-refractivity contribution is -0.0168. The highest BCUT2D eigenvalue weighted by Crippen LogP contribution is 2.28. The maximum absolute atomic E-state index is 9.31. The van der Waals surface area contributed by atoms with Gasteiger partial charge in [0.15, 0.2) is 0 Å². The normalized spacial score (nSPS) is 49.6. The first-order valence-corrected chi connectivity index (χ1v) is 3.77. The third-order valence-electron chi connectivity index (χ3n) is 2.28. The van der Waals surface area contributed by atoms with E-state index in [0.717, 1.165) is 0 Å². The van der Waals surface area contributed by atoms with Crippen molar-refractivity contribution in [2.75, 3.05) is 20.3 Å². The predicted molar refractivity (Wildman–Crippen MR) is 36.3 cm³/mol. The third kappa shape index (κ3) is 1.06. The van der Waals surface area contributed by atoms with Gasteiger partial charge in [-0.25, -0.2) is 0 Å². The SMILES string of the molecule is CO[C@@H]1CO[C@H]2C1OC[C@@H]2O. The van der Waals surface area contributed by atoms with Gasteiger partial charge in [-0.3, -0.25) is 0 Å². The molecule has 2 saturated heterocycles. The Hall–Kier alpha value is -0.160. The van der Waals surface area contributed by atoms with Crippen LogP contribution >= 0.6 is 0 Å². The molecule has 0 aromatic carbocycles. The molecule has 0 saturated carbocycles. The minimum Gasteiger partial charge on any atom is -0.388 e. The van der Waals surface area contributed by atoms with Gasteiger partial charge in [0.25, 0.3) is 0 Å². The van der Waals surface area contributed by atoms with Crippen LogP contribution in [0.2, 0.25) is 0 Å². The van der Waals surface area contributed by atoms with Crippen LogP contribution in [0.25, 0.3) is 0 Å². The molecule has 2 aliphatic rings. The molecule has 4 atom stereocenters. The molecule has 0 aromatic rings. The molecule has 64 valence electrons. The summed E-state index contributed by atoms with van der Waals surface area (Å²) in [6.07, 6.45) is -0.702. The van der Waals surface area contributed by atoms with Crippen LogP contribution in [0.15, 0.2) is 0 Å². The Morgan fingerprint density at radius 1 is 1.27 bits per heavy atom. The quantitative estimate of drug-likeness (QED) is 0.543. The van der Waals surface area contributed by atoms with Gasteiger partial charge in [0.2, 0.25) is 0 Å². The molecule has 4 heteroatoms. The van der Waals surface area contributed by atoms with Crippen LogP contribution in [0.5, 0.6) is 0 Å². The van der Waals surface area contributed by atoms with Gasteiger partial charge >= 0.3 is 0 Å². The van der Waals surface area contributed by atoms with Crippen molar-refractivity contribution < 1.29 is 19.3 Å². The molecule has 1 unspecified atom stereocenters. The Kier molecular flexibility index (Phi) is 1.85. The van der Waals surface area contributed by atoms with E-state index in [0.29, 0.717) is 13.2 Å². The molecule has 0 bridgehead atoms. The summed E-state index contributed by atoms with van der Waals surface area (Å²) in [4.78, 5) is 0. The fourth-order valence-corrected chi connectivity index (χ4v) is 1.65. The first-order valence-electron chi connectivity index (χ1n) is 3.77. The number of aliphatic hydroxyl groups excluding tert-OH is 1. The molecule has 11 heavy (non-hydrogen) atoms. The van der Waals surface area contributed by atoms with Crippen LogP contribution in [0.4, 0.5) is 0 Å². The highest BCUT2D eigenvalue weighted by Gasteiger charge is 2.47. The summed E-state index contributed by atoms with van der Waals surface area (Å²) >= 11 is 0. The van der Waals surface area contributed by atoms with Crippen molar-refractivity contribution in [3.8, 4) is 0 Å². The van der Waals surface area contributed by atoms with Crippen LogP contribution in [0.1, 0.15) is 0 Å². The molecule has 0 aliphatic carbocycles. The molecule has 1 N–H and O–H groups in total. The lowest BCUT2D eigenvalue weighted by Gasteiger charge is -2.12. The second-order valence-corrected chi connectivity index (χ2v) is 2.94. The lowest BCUT2D eigenvalue weighted by Crippen LogP contribution is -2.32. The minimum atomic E-state index is -0.472. The summed E-state index contributed by atoms with van der Waals surface area (Å²) in [5, 5.41) is 9.31. The summed E-state index contributed by atoms with van der Waals surface area (Å²) in [6, 6.07) is 0. The monoisotopic (exact) mass is 160 g/mol. The number of hydrogen-bond acceptors (Lipinski definition) is 4. The molecule has 2 heterocycles. The van der Waals surface area contributed by atoms with Crippen molar-refractivity contribution in [2.24, 2.45) is 0 Å². The standard InChI is InChI=1S/C7H12O4/c1-9-5-3-11-6-4(8)2-10-7(5)6/h4-8H,2-3H2,1H3/t4-,5+,6+,7?/m0/s1. The molecule has 2 aliphatic heterocycles. The first-order chi connectivity index (χ1) is 5.33. The Labute approximate surface area is 65.1 Å². The second-order valence-electron chi connectivity index (χ2n) is 2.94. The van der Waals surface area contributed by atoms with E-state index in [4.69, 9.17) is 14.2 Å². The Balaban J connectivity index is 2.04. The summed E-state index contributed by atoms with van der Waals surface area (Å²) in [6.45, 7) is 0.901. The van der Waals surface area contributed by atoms with E-state index >= 15 is 0 Å². The molecule has 0 amide bonds. The fraction of sp³-hybridized carbons (Fsp3) is 1.00. The number of hydrogen-bond donors (Lipinski definition) is 1. The van der Waals surface area contributed by atoms with Crippen LogP contribution in [-0.2, 0) is 14.2 Å². The van der Waals surface area contributed by atoms with Gasteiger partial charge in [0.1, 0.15) is 24.4 Å². The van der Waals surface area contributed by atoms with Gasteiger partial charge < -0.3 is 19.3 Å². The highest BCUT2D eigenvalue weighted by atomic mass is 16.6. The van der Waals surface area contributed by atoms with E-state index < -0.39 is 6.10 Å². The highest BCUT2D eigenvalue weighted by molar-refractivity contribution is 4.94. The number of methoxy groups -OCH3 is 1. The molecule has 0 aromatic heterocycles. The topological polar surface area (TPSA) is 47.9 Å².